The Hall–Kier alpha value is -5.28. The molecule has 190 valence electrons. The summed E-state index contributed by atoms with van der Waals surface area (Å²) in [4.78, 5) is 0. The average Bonchev–Trinajstić information content (AvgIpc) is 3.59. The van der Waals surface area contributed by atoms with Crippen LogP contribution in [0.4, 0.5) is 0 Å². The molecule has 1 aliphatic rings. The number of hydrogen-bond acceptors (Lipinski definition) is 2. The maximum atomic E-state index is 6.65. The van der Waals surface area contributed by atoms with Crippen LogP contribution in [0.3, 0.4) is 0 Å². The van der Waals surface area contributed by atoms with E-state index in [2.05, 4.69) is 108 Å². The fourth-order valence-corrected chi connectivity index (χ4v) is 5.90. The Bertz CT molecular complexity index is 1970. The molecule has 0 unspecified atom stereocenters. The van der Waals surface area contributed by atoms with E-state index in [1.54, 1.807) is 0 Å². The van der Waals surface area contributed by atoms with Gasteiger partial charge in [0, 0.05) is 27.6 Å². The Labute approximate surface area is 232 Å². The summed E-state index contributed by atoms with van der Waals surface area (Å²) < 4.78 is 15.6. The number of fused-ring (bicyclic) bond motifs is 4. The molecule has 0 radical (unpaired) electrons. The van der Waals surface area contributed by atoms with E-state index in [1.807, 2.05) is 48.5 Å². The first-order chi connectivity index (χ1) is 19.8. The molecule has 0 aliphatic carbocycles. The summed E-state index contributed by atoms with van der Waals surface area (Å²) >= 11 is 0. The molecule has 0 spiro atoms. The van der Waals surface area contributed by atoms with Crippen LogP contribution in [0.5, 0.6) is 11.5 Å². The lowest BCUT2D eigenvalue weighted by atomic mass is 9.95. The molecule has 3 nitrogen and oxygen atoms in total. The second-order valence-corrected chi connectivity index (χ2v) is 10.1. The molecule has 0 N–H and O–H groups in total. The van der Waals surface area contributed by atoms with Gasteiger partial charge in [-0.3, -0.25) is 0 Å². The molecule has 1 aromatic heterocycles. The van der Waals surface area contributed by atoms with Gasteiger partial charge >= 0.3 is 5.79 Å². The minimum atomic E-state index is -1.07. The summed E-state index contributed by atoms with van der Waals surface area (Å²) in [5.74, 6) is 0.416. The van der Waals surface area contributed by atoms with Crippen LogP contribution in [-0.4, -0.2) is 4.57 Å². The third kappa shape index (κ3) is 3.45. The van der Waals surface area contributed by atoms with Gasteiger partial charge < -0.3 is 14.0 Å². The van der Waals surface area contributed by atoms with Crippen molar-refractivity contribution in [3.63, 3.8) is 0 Å². The molecule has 0 fully saturated rings. The van der Waals surface area contributed by atoms with Gasteiger partial charge in [-0.05, 0) is 59.7 Å². The molecule has 0 amide bonds. The highest BCUT2D eigenvalue weighted by atomic mass is 16.7. The molecule has 0 saturated carbocycles. The van der Waals surface area contributed by atoms with Gasteiger partial charge in [0.25, 0.3) is 0 Å². The number of hydrogen-bond donors (Lipinski definition) is 0. The van der Waals surface area contributed by atoms with Crippen molar-refractivity contribution in [2.45, 2.75) is 5.79 Å². The SMILES string of the molecule is c1ccc(-c2ccc(-n3c4ccccc4c4cc(C5(c6ccccc6)Oc6ccccc6O5)ccc43)cc2)cc1. The number of ether oxygens (including phenoxy) is 2. The molecule has 7 aromatic rings. The Morgan fingerprint density at radius 3 is 1.73 bits per heavy atom. The zero-order valence-corrected chi connectivity index (χ0v) is 21.7. The monoisotopic (exact) mass is 515 g/mol. The molecule has 6 aromatic carbocycles. The molecule has 1 aliphatic heterocycles. The lowest BCUT2D eigenvalue weighted by Crippen LogP contribution is -2.36. The maximum absolute atomic E-state index is 6.65. The summed E-state index contributed by atoms with van der Waals surface area (Å²) in [6.45, 7) is 0. The maximum Gasteiger partial charge on any atom is 0.305 e. The smallest absolute Gasteiger partial charge is 0.305 e. The quantitative estimate of drug-likeness (QED) is 0.233. The van der Waals surface area contributed by atoms with Crippen molar-refractivity contribution < 1.29 is 9.47 Å². The minimum Gasteiger partial charge on any atom is -0.440 e. The van der Waals surface area contributed by atoms with Crippen LogP contribution >= 0.6 is 0 Å². The Morgan fingerprint density at radius 1 is 0.425 bits per heavy atom. The summed E-state index contributed by atoms with van der Waals surface area (Å²) in [6.07, 6.45) is 0. The van der Waals surface area contributed by atoms with Crippen LogP contribution in [0.1, 0.15) is 11.1 Å². The number of benzene rings is 6. The van der Waals surface area contributed by atoms with E-state index in [0.717, 1.165) is 44.7 Å². The van der Waals surface area contributed by atoms with Crippen molar-refractivity contribution in [2.24, 2.45) is 0 Å². The minimum absolute atomic E-state index is 0.743. The van der Waals surface area contributed by atoms with Crippen LogP contribution in [0, 0.1) is 0 Å². The molecular formula is C37H25NO2. The second-order valence-electron chi connectivity index (χ2n) is 10.1. The molecular weight excluding hydrogens is 490 g/mol. The molecule has 8 rings (SSSR count). The normalized spacial score (nSPS) is 13.6. The van der Waals surface area contributed by atoms with E-state index in [9.17, 15) is 0 Å². The lowest BCUT2D eigenvalue weighted by Gasteiger charge is -2.28. The highest BCUT2D eigenvalue weighted by molar-refractivity contribution is 6.09. The van der Waals surface area contributed by atoms with E-state index in [0.29, 0.717) is 0 Å². The van der Waals surface area contributed by atoms with Gasteiger partial charge in [0.1, 0.15) is 0 Å². The van der Waals surface area contributed by atoms with Gasteiger partial charge in [-0.15, -0.1) is 0 Å². The largest absolute Gasteiger partial charge is 0.440 e. The Morgan fingerprint density at radius 2 is 1.00 bits per heavy atom. The van der Waals surface area contributed by atoms with Crippen molar-refractivity contribution >= 4 is 21.8 Å². The zero-order chi connectivity index (χ0) is 26.5. The lowest BCUT2D eigenvalue weighted by molar-refractivity contribution is -0.0457. The highest BCUT2D eigenvalue weighted by Gasteiger charge is 2.45. The molecule has 40 heavy (non-hydrogen) atoms. The first-order valence-electron chi connectivity index (χ1n) is 13.5. The van der Waals surface area contributed by atoms with Gasteiger partial charge in [-0.1, -0.05) is 103 Å². The van der Waals surface area contributed by atoms with Gasteiger partial charge in [-0.2, -0.15) is 0 Å². The van der Waals surface area contributed by atoms with Crippen molar-refractivity contribution in [1.82, 2.24) is 4.57 Å². The number of rotatable bonds is 4. The van der Waals surface area contributed by atoms with Crippen LogP contribution in [-0.2, 0) is 5.79 Å². The van der Waals surface area contributed by atoms with Gasteiger partial charge in [0.15, 0.2) is 11.5 Å². The first-order valence-corrected chi connectivity index (χ1v) is 13.5. The van der Waals surface area contributed by atoms with Crippen LogP contribution in [0.15, 0.2) is 152 Å². The average molecular weight is 516 g/mol. The van der Waals surface area contributed by atoms with Gasteiger partial charge in [0.2, 0.25) is 0 Å². The Kier molecular flexibility index (Phi) is 5.04. The van der Waals surface area contributed by atoms with E-state index < -0.39 is 5.79 Å². The van der Waals surface area contributed by atoms with Gasteiger partial charge in [0.05, 0.1) is 11.0 Å². The van der Waals surface area contributed by atoms with Crippen LogP contribution in [0.25, 0.3) is 38.6 Å². The fraction of sp³-hybridized carbons (Fsp3) is 0.0270. The fourth-order valence-electron chi connectivity index (χ4n) is 5.90. The van der Waals surface area contributed by atoms with E-state index in [4.69, 9.17) is 9.47 Å². The second kappa shape index (κ2) is 8.89. The van der Waals surface area contributed by atoms with E-state index >= 15 is 0 Å². The predicted molar refractivity (Wildman–Crippen MR) is 161 cm³/mol. The third-order valence-electron chi connectivity index (χ3n) is 7.80. The molecule has 3 heteroatoms. The van der Waals surface area contributed by atoms with E-state index in [-0.39, 0.29) is 0 Å². The number of para-hydroxylation sites is 3. The molecule has 0 atom stereocenters. The zero-order valence-electron chi connectivity index (χ0n) is 21.7. The Balaban J connectivity index is 1.31. The van der Waals surface area contributed by atoms with Crippen molar-refractivity contribution in [3.8, 4) is 28.3 Å². The van der Waals surface area contributed by atoms with Crippen LogP contribution in [0.2, 0.25) is 0 Å². The highest BCUT2D eigenvalue weighted by Crippen LogP contribution is 2.48. The van der Waals surface area contributed by atoms with Crippen LogP contribution < -0.4 is 9.47 Å². The summed E-state index contributed by atoms with van der Waals surface area (Å²) in [5, 5.41) is 2.34. The molecule has 0 bridgehead atoms. The van der Waals surface area contributed by atoms with Crippen molar-refractivity contribution in [3.05, 3.63) is 163 Å². The topological polar surface area (TPSA) is 23.4 Å². The first kappa shape index (κ1) is 22.7. The predicted octanol–water partition coefficient (Wildman–Crippen LogP) is 9.12. The molecule has 2 heterocycles. The molecule has 0 saturated heterocycles. The van der Waals surface area contributed by atoms with Crippen molar-refractivity contribution in [2.75, 3.05) is 0 Å². The summed E-state index contributed by atoms with van der Waals surface area (Å²) in [6, 6.07) is 52.5. The number of aromatic nitrogens is 1. The van der Waals surface area contributed by atoms with Crippen molar-refractivity contribution in [1.29, 1.82) is 0 Å². The van der Waals surface area contributed by atoms with E-state index in [1.165, 1.54) is 16.5 Å². The third-order valence-corrected chi connectivity index (χ3v) is 7.80. The summed E-state index contributed by atoms with van der Waals surface area (Å²) in [5.41, 5.74) is 7.73. The number of nitrogens with zero attached hydrogens (tertiary/aromatic N) is 1. The van der Waals surface area contributed by atoms with Gasteiger partial charge in [-0.25, -0.2) is 0 Å². The summed E-state index contributed by atoms with van der Waals surface area (Å²) in [7, 11) is 0. The standard InChI is InChI=1S/C37H25NO2/c1-3-11-26(12-4-1)27-19-22-30(23-20-27)38-33-16-8-7-15-31(33)32-25-29(21-24-34(32)38)37(28-13-5-2-6-14-28)39-35-17-9-10-18-36(35)40-37/h1-25H.